The fraction of sp³-hybridized carbons (Fsp3) is 0.0500. The molecule has 0 amide bonds. The lowest BCUT2D eigenvalue weighted by Gasteiger charge is -2.10. The molecule has 2 aromatic carbocycles. The summed E-state index contributed by atoms with van der Waals surface area (Å²) in [6.45, 7) is 0. The molecule has 0 unspecified atom stereocenters. The van der Waals surface area contributed by atoms with Gasteiger partial charge in [-0.15, -0.1) is 0 Å². The molecule has 0 aliphatic rings. The van der Waals surface area contributed by atoms with E-state index in [-0.39, 0.29) is 5.56 Å². The fourth-order valence-electron chi connectivity index (χ4n) is 2.62. The lowest BCUT2D eigenvalue weighted by atomic mass is 10.2. The van der Waals surface area contributed by atoms with Crippen LogP contribution in [0.15, 0.2) is 76.8 Å². The second-order valence-corrected chi connectivity index (χ2v) is 6.46. The van der Waals surface area contributed by atoms with Crippen molar-refractivity contribution in [2.45, 2.75) is 5.16 Å². The van der Waals surface area contributed by atoms with Gasteiger partial charge in [0, 0.05) is 11.9 Å². The molecular formula is C20H16N4O2S. The Labute approximate surface area is 159 Å². The first-order chi connectivity index (χ1) is 13.2. The van der Waals surface area contributed by atoms with Gasteiger partial charge in [-0.05, 0) is 48.7 Å². The highest BCUT2D eigenvalue weighted by atomic mass is 32.2. The van der Waals surface area contributed by atoms with Gasteiger partial charge in [-0.2, -0.15) is 0 Å². The van der Waals surface area contributed by atoms with Crippen molar-refractivity contribution in [2.24, 2.45) is 0 Å². The maximum absolute atomic E-state index is 12.2. The molecular weight excluding hydrogens is 360 g/mol. The van der Waals surface area contributed by atoms with E-state index in [2.05, 4.69) is 20.3 Å². The molecule has 0 aliphatic heterocycles. The Kier molecular flexibility index (Phi) is 4.76. The van der Waals surface area contributed by atoms with Crippen LogP contribution in [0.5, 0.6) is 11.5 Å². The zero-order chi connectivity index (χ0) is 18.6. The zero-order valence-corrected chi connectivity index (χ0v) is 15.3. The van der Waals surface area contributed by atoms with E-state index < -0.39 is 0 Å². The summed E-state index contributed by atoms with van der Waals surface area (Å²) in [5.41, 5.74) is 1.17. The molecule has 6 nitrogen and oxygen atoms in total. The minimum absolute atomic E-state index is 0.230. The Bertz CT molecular complexity index is 1130. The summed E-state index contributed by atoms with van der Waals surface area (Å²) in [7, 11) is 0. The first-order valence-electron chi connectivity index (χ1n) is 8.26. The van der Waals surface area contributed by atoms with Crippen LogP contribution in [0.4, 0.5) is 11.5 Å². The Morgan fingerprint density at radius 3 is 2.44 bits per heavy atom. The molecule has 0 saturated carbocycles. The van der Waals surface area contributed by atoms with Gasteiger partial charge in [0.05, 0.1) is 5.52 Å². The van der Waals surface area contributed by atoms with Gasteiger partial charge in [0.15, 0.2) is 5.16 Å². The molecule has 0 saturated heterocycles. The van der Waals surface area contributed by atoms with Crippen molar-refractivity contribution in [3.05, 3.63) is 77.2 Å². The summed E-state index contributed by atoms with van der Waals surface area (Å²) in [6.07, 6.45) is 3.48. The fourth-order valence-corrected chi connectivity index (χ4v) is 2.99. The lowest BCUT2D eigenvalue weighted by molar-refractivity contribution is 0.483. The van der Waals surface area contributed by atoms with Crippen molar-refractivity contribution in [1.82, 2.24) is 15.0 Å². The molecule has 7 heteroatoms. The number of nitrogens with one attached hydrogen (secondary N) is 2. The number of pyridine rings is 1. The van der Waals surface area contributed by atoms with Gasteiger partial charge >= 0.3 is 0 Å². The van der Waals surface area contributed by atoms with Crippen molar-refractivity contribution >= 4 is 34.2 Å². The monoisotopic (exact) mass is 376 g/mol. The summed E-state index contributed by atoms with van der Waals surface area (Å²) in [5.74, 6) is 1.97. The van der Waals surface area contributed by atoms with Crippen molar-refractivity contribution in [3.63, 3.8) is 0 Å². The van der Waals surface area contributed by atoms with Crippen LogP contribution in [0.3, 0.4) is 0 Å². The summed E-state index contributed by atoms with van der Waals surface area (Å²) in [6, 6.07) is 18.8. The van der Waals surface area contributed by atoms with E-state index in [1.165, 1.54) is 11.8 Å². The highest BCUT2D eigenvalue weighted by Gasteiger charge is 2.11. The van der Waals surface area contributed by atoms with Crippen molar-refractivity contribution in [2.75, 3.05) is 11.6 Å². The van der Waals surface area contributed by atoms with Crippen molar-refractivity contribution < 1.29 is 4.74 Å². The minimum Gasteiger partial charge on any atom is -0.457 e. The number of ether oxygens (including phenoxy) is 1. The number of benzene rings is 2. The molecule has 134 valence electrons. The molecule has 4 aromatic rings. The van der Waals surface area contributed by atoms with Crippen LogP contribution in [0, 0.1) is 0 Å². The third-order valence-corrected chi connectivity index (χ3v) is 4.43. The van der Waals surface area contributed by atoms with E-state index in [1.54, 1.807) is 12.3 Å². The highest BCUT2D eigenvalue weighted by Crippen LogP contribution is 2.26. The van der Waals surface area contributed by atoms with Gasteiger partial charge in [-0.3, -0.25) is 4.79 Å². The van der Waals surface area contributed by atoms with Crippen LogP contribution in [0.1, 0.15) is 0 Å². The predicted octanol–water partition coefficient (Wildman–Crippen LogP) is 4.58. The van der Waals surface area contributed by atoms with Gasteiger partial charge in [-0.25, -0.2) is 9.97 Å². The summed E-state index contributed by atoms with van der Waals surface area (Å²) in [4.78, 5) is 23.8. The lowest BCUT2D eigenvalue weighted by Crippen LogP contribution is -2.10. The Hall–Kier alpha value is -3.32. The number of nitrogens with zero attached hydrogens (tertiary/aromatic N) is 2. The normalized spacial score (nSPS) is 10.7. The average molecular weight is 376 g/mol. The van der Waals surface area contributed by atoms with Gasteiger partial charge in [0.25, 0.3) is 5.56 Å². The van der Waals surface area contributed by atoms with Gasteiger partial charge < -0.3 is 15.0 Å². The first-order valence-corrected chi connectivity index (χ1v) is 9.49. The smallest absolute Gasteiger partial charge is 0.261 e. The topological polar surface area (TPSA) is 79.9 Å². The maximum atomic E-state index is 12.2. The molecule has 2 heterocycles. The molecule has 0 aliphatic carbocycles. The Balaban J connectivity index is 1.63. The van der Waals surface area contributed by atoms with Crippen molar-refractivity contribution in [3.8, 4) is 11.5 Å². The molecule has 0 fully saturated rings. The van der Waals surface area contributed by atoms with Crippen LogP contribution in [0.2, 0.25) is 0 Å². The summed E-state index contributed by atoms with van der Waals surface area (Å²) in [5, 5.41) is 4.24. The molecule has 4 rings (SSSR count). The van der Waals surface area contributed by atoms with Gasteiger partial charge in [0.2, 0.25) is 0 Å². The van der Waals surface area contributed by atoms with E-state index >= 15 is 0 Å². The number of para-hydroxylation sites is 1. The van der Waals surface area contributed by atoms with Crippen LogP contribution in [-0.2, 0) is 0 Å². The van der Waals surface area contributed by atoms with E-state index in [0.717, 1.165) is 17.2 Å². The van der Waals surface area contributed by atoms with E-state index in [0.29, 0.717) is 21.9 Å². The van der Waals surface area contributed by atoms with Gasteiger partial charge in [0.1, 0.15) is 22.7 Å². The van der Waals surface area contributed by atoms with E-state index in [4.69, 9.17) is 4.74 Å². The molecule has 27 heavy (non-hydrogen) atoms. The zero-order valence-electron chi connectivity index (χ0n) is 14.5. The van der Waals surface area contributed by atoms with Gasteiger partial charge in [-0.1, -0.05) is 30.0 Å². The standard InChI is InChI=1S/C20H16N4O2S/c1-27-20-23-16-11-12-21-19(25)17(16)18(24-20)22-13-7-9-15(10-8-13)26-14-5-3-2-4-6-14/h2-12H,1H3,(H,21,25)(H,22,23,24). The van der Waals surface area contributed by atoms with Crippen LogP contribution in [-0.4, -0.2) is 21.2 Å². The van der Waals surface area contributed by atoms with Crippen LogP contribution in [0.25, 0.3) is 10.9 Å². The molecule has 2 aromatic heterocycles. The minimum atomic E-state index is -0.230. The molecule has 0 spiro atoms. The number of hydrogen-bond acceptors (Lipinski definition) is 6. The predicted molar refractivity (Wildman–Crippen MR) is 108 cm³/mol. The van der Waals surface area contributed by atoms with Crippen LogP contribution < -0.4 is 15.6 Å². The first kappa shape index (κ1) is 17.1. The quantitative estimate of drug-likeness (QED) is 0.392. The van der Waals surface area contributed by atoms with E-state index in [9.17, 15) is 4.79 Å². The average Bonchev–Trinajstić information content (AvgIpc) is 2.70. The summed E-state index contributed by atoms with van der Waals surface area (Å²) < 4.78 is 5.80. The SMILES string of the molecule is CSc1nc(Nc2ccc(Oc3ccccc3)cc2)c2c(=O)[nH]ccc2n1. The maximum Gasteiger partial charge on any atom is 0.261 e. The molecule has 0 atom stereocenters. The van der Waals surface area contributed by atoms with E-state index in [1.807, 2.05) is 60.9 Å². The largest absolute Gasteiger partial charge is 0.457 e. The second kappa shape index (κ2) is 7.51. The second-order valence-electron chi connectivity index (χ2n) is 5.69. The third kappa shape index (κ3) is 3.78. The number of aromatic amines is 1. The van der Waals surface area contributed by atoms with Crippen molar-refractivity contribution in [1.29, 1.82) is 0 Å². The number of rotatable bonds is 5. The number of anilines is 2. The number of fused-ring (bicyclic) bond motifs is 1. The molecule has 0 radical (unpaired) electrons. The summed E-state index contributed by atoms with van der Waals surface area (Å²) >= 11 is 1.42. The highest BCUT2D eigenvalue weighted by molar-refractivity contribution is 7.98. The number of thioether (sulfide) groups is 1. The Morgan fingerprint density at radius 1 is 0.963 bits per heavy atom. The molecule has 0 bridgehead atoms. The Morgan fingerprint density at radius 2 is 1.70 bits per heavy atom. The number of hydrogen-bond donors (Lipinski definition) is 2. The third-order valence-electron chi connectivity index (χ3n) is 3.88. The number of aromatic nitrogens is 3. The van der Waals surface area contributed by atoms with Crippen LogP contribution >= 0.6 is 11.8 Å². The molecule has 2 N–H and O–H groups in total. The number of H-pyrrole nitrogens is 1.